The third-order valence-electron chi connectivity index (χ3n) is 4.67. The van der Waals surface area contributed by atoms with Crippen molar-refractivity contribution in [3.8, 4) is 0 Å². The van der Waals surface area contributed by atoms with Crippen LogP contribution in [0.25, 0.3) is 0 Å². The minimum Gasteiger partial charge on any atom is -0.314 e. The van der Waals surface area contributed by atoms with Crippen molar-refractivity contribution in [2.45, 2.75) is 31.7 Å². The fourth-order valence-electron chi connectivity index (χ4n) is 3.72. The van der Waals surface area contributed by atoms with Crippen LogP contribution >= 0.6 is 11.6 Å². The van der Waals surface area contributed by atoms with Crippen LogP contribution in [0.4, 0.5) is 4.39 Å². The number of nitrogens with one attached hydrogen (secondary N) is 1. The monoisotopic (exact) mass is 296 g/mol. The Balaban J connectivity index is 1.90. The zero-order valence-corrected chi connectivity index (χ0v) is 12.5. The lowest BCUT2D eigenvalue weighted by atomic mass is 9.89. The molecule has 110 valence electrons. The Labute approximate surface area is 125 Å². The summed E-state index contributed by atoms with van der Waals surface area (Å²) in [5.41, 5.74) is 0.836. The zero-order chi connectivity index (χ0) is 13.9. The lowest BCUT2D eigenvalue weighted by Crippen LogP contribution is -2.46. The topological polar surface area (TPSA) is 15.3 Å². The van der Waals surface area contributed by atoms with Crippen molar-refractivity contribution in [1.82, 2.24) is 10.2 Å². The summed E-state index contributed by atoms with van der Waals surface area (Å²) in [7, 11) is 0. The van der Waals surface area contributed by atoms with E-state index in [-0.39, 0.29) is 11.9 Å². The van der Waals surface area contributed by atoms with Crippen molar-refractivity contribution in [3.05, 3.63) is 34.6 Å². The van der Waals surface area contributed by atoms with E-state index in [9.17, 15) is 4.39 Å². The van der Waals surface area contributed by atoms with E-state index in [0.717, 1.165) is 31.7 Å². The van der Waals surface area contributed by atoms with Gasteiger partial charge in [0.15, 0.2) is 0 Å². The summed E-state index contributed by atoms with van der Waals surface area (Å²) in [5, 5.41) is 3.86. The molecule has 3 rings (SSSR count). The lowest BCUT2D eigenvalue weighted by Gasteiger charge is -2.38. The summed E-state index contributed by atoms with van der Waals surface area (Å²) < 4.78 is 14.4. The molecule has 1 saturated carbocycles. The van der Waals surface area contributed by atoms with Gasteiger partial charge in [0.25, 0.3) is 0 Å². The Morgan fingerprint density at radius 1 is 1.20 bits per heavy atom. The maximum Gasteiger partial charge on any atom is 0.129 e. The Kier molecular flexibility index (Phi) is 4.59. The summed E-state index contributed by atoms with van der Waals surface area (Å²) in [6.45, 7) is 4.00. The van der Waals surface area contributed by atoms with Crippen LogP contribution in [0.15, 0.2) is 18.2 Å². The molecule has 0 aromatic heterocycles. The smallest absolute Gasteiger partial charge is 0.129 e. The first-order valence-corrected chi connectivity index (χ1v) is 8.03. The summed E-state index contributed by atoms with van der Waals surface area (Å²) in [6, 6.07) is 5.39. The summed E-state index contributed by atoms with van der Waals surface area (Å²) in [6.07, 6.45) is 5.00. The number of rotatable bonds is 3. The van der Waals surface area contributed by atoms with Gasteiger partial charge in [0, 0.05) is 42.8 Å². The molecule has 0 radical (unpaired) electrons. The van der Waals surface area contributed by atoms with E-state index in [2.05, 4.69) is 10.2 Å². The predicted molar refractivity (Wildman–Crippen MR) is 80.6 cm³/mol. The van der Waals surface area contributed by atoms with Gasteiger partial charge in [-0.3, -0.25) is 4.90 Å². The Bertz CT molecular complexity index is 454. The van der Waals surface area contributed by atoms with Crippen molar-refractivity contribution in [2.75, 3.05) is 26.2 Å². The van der Waals surface area contributed by atoms with Crippen LogP contribution in [0.5, 0.6) is 0 Å². The molecule has 1 aliphatic heterocycles. The summed E-state index contributed by atoms with van der Waals surface area (Å²) >= 11 is 5.90. The minimum atomic E-state index is -0.145. The number of hydrogen-bond acceptors (Lipinski definition) is 2. The van der Waals surface area contributed by atoms with Gasteiger partial charge in [0.2, 0.25) is 0 Å². The lowest BCUT2D eigenvalue weighted by molar-refractivity contribution is 0.122. The first-order valence-electron chi connectivity index (χ1n) is 7.65. The summed E-state index contributed by atoms with van der Waals surface area (Å²) in [5.74, 6) is 0.441. The second-order valence-electron chi connectivity index (χ2n) is 5.94. The molecule has 0 spiro atoms. The van der Waals surface area contributed by atoms with Crippen LogP contribution < -0.4 is 5.32 Å². The molecule has 1 atom stereocenters. The van der Waals surface area contributed by atoms with Crippen LogP contribution in [0, 0.1) is 11.7 Å². The molecule has 4 heteroatoms. The van der Waals surface area contributed by atoms with Gasteiger partial charge in [-0.25, -0.2) is 4.39 Å². The van der Waals surface area contributed by atoms with E-state index in [1.807, 2.05) is 12.1 Å². The third-order valence-corrected chi connectivity index (χ3v) is 4.91. The zero-order valence-electron chi connectivity index (χ0n) is 11.7. The fourth-order valence-corrected chi connectivity index (χ4v) is 3.88. The van der Waals surface area contributed by atoms with Gasteiger partial charge in [-0.15, -0.1) is 0 Å². The van der Waals surface area contributed by atoms with Gasteiger partial charge in [-0.05, 0) is 30.9 Å². The SMILES string of the molecule is Fc1cc(Cl)ccc1[C@H](C1CCCC1)N1CCNCC1. The minimum absolute atomic E-state index is 0.145. The van der Waals surface area contributed by atoms with Crippen LogP contribution in [0.1, 0.15) is 37.3 Å². The third kappa shape index (κ3) is 3.00. The van der Waals surface area contributed by atoms with Gasteiger partial charge < -0.3 is 5.32 Å². The van der Waals surface area contributed by atoms with Gasteiger partial charge in [-0.1, -0.05) is 30.5 Å². The van der Waals surface area contributed by atoms with Crippen molar-refractivity contribution in [1.29, 1.82) is 0 Å². The van der Waals surface area contributed by atoms with Crippen LogP contribution in [-0.4, -0.2) is 31.1 Å². The normalized spacial score (nSPS) is 23.1. The molecule has 20 heavy (non-hydrogen) atoms. The average Bonchev–Trinajstić information content (AvgIpc) is 2.97. The average molecular weight is 297 g/mol. The number of halogens is 2. The quantitative estimate of drug-likeness (QED) is 0.916. The van der Waals surface area contributed by atoms with Crippen LogP contribution in [0.2, 0.25) is 5.02 Å². The molecule has 1 N–H and O–H groups in total. The molecule has 1 heterocycles. The molecule has 2 fully saturated rings. The van der Waals surface area contributed by atoms with E-state index >= 15 is 0 Å². The fraction of sp³-hybridized carbons (Fsp3) is 0.625. The molecule has 1 aromatic carbocycles. The molecule has 0 amide bonds. The molecule has 2 nitrogen and oxygen atoms in total. The van der Waals surface area contributed by atoms with Gasteiger partial charge in [0.05, 0.1) is 0 Å². The van der Waals surface area contributed by atoms with E-state index in [1.54, 1.807) is 0 Å². The highest BCUT2D eigenvalue weighted by Crippen LogP contribution is 2.40. The van der Waals surface area contributed by atoms with Crippen molar-refractivity contribution in [2.24, 2.45) is 5.92 Å². The highest BCUT2D eigenvalue weighted by Gasteiger charge is 2.33. The number of nitrogens with zero attached hydrogens (tertiary/aromatic N) is 1. The number of piperazine rings is 1. The highest BCUT2D eigenvalue weighted by atomic mass is 35.5. The maximum atomic E-state index is 14.4. The predicted octanol–water partition coefficient (Wildman–Crippen LogP) is 3.62. The Morgan fingerprint density at radius 3 is 2.55 bits per heavy atom. The molecule has 0 unspecified atom stereocenters. The first-order chi connectivity index (χ1) is 9.75. The second kappa shape index (κ2) is 6.42. The molecular weight excluding hydrogens is 275 g/mol. The molecule has 1 aromatic rings. The number of hydrogen-bond donors (Lipinski definition) is 1. The molecule has 1 saturated heterocycles. The first kappa shape index (κ1) is 14.3. The van der Waals surface area contributed by atoms with Crippen LogP contribution in [-0.2, 0) is 0 Å². The Hall–Kier alpha value is -0.640. The highest BCUT2D eigenvalue weighted by molar-refractivity contribution is 6.30. The molecule has 2 aliphatic rings. The van der Waals surface area contributed by atoms with Crippen LogP contribution in [0.3, 0.4) is 0 Å². The largest absolute Gasteiger partial charge is 0.314 e. The van der Waals surface area contributed by atoms with Gasteiger partial charge >= 0.3 is 0 Å². The van der Waals surface area contributed by atoms with E-state index in [4.69, 9.17) is 11.6 Å². The van der Waals surface area contributed by atoms with E-state index in [0.29, 0.717) is 10.9 Å². The molecule has 0 bridgehead atoms. The summed E-state index contributed by atoms with van der Waals surface area (Å²) in [4.78, 5) is 2.46. The van der Waals surface area contributed by atoms with Crippen molar-refractivity contribution < 1.29 is 4.39 Å². The van der Waals surface area contributed by atoms with Gasteiger partial charge in [0.1, 0.15) is 5.82 Å². The molecular formula is C16H22ClFN2. The Morgan fingerprint density at radius 2 is 1.90 bits per heavy atom. The molecule has 1 aliphatic carbocycles. The standard InChI is InChI=1S/C16H22ClFN2/c17-13-5-6-14(15(18)11-13)16(12-3-1-2-4-12)20-9-7-19-8-10-20/h5-6,11-12,16,19H,1-4,7-10H2/t16-/m0/s1. The maximum absolute atomic E-state index is 14.4. The number of benzene rings is 1. The van der Waals surface area contributed by atoms with Gasteiger partial charge in [-0.2, -0.15) is 0 Å². The van der Waals surface area contributed by atoms with E-state index < -0.39 is 0 Å². The van der Waals surface area contributed by atoms with E-state index in [1.165, 1.54) is 31.7 Å². The van der Waals surface area contributed by atoms with Crippen molar-refractivity contribution in [3.63, 3.8) is 0 Å². The second-order valence-corrected chi connectivity index (χ2v) is 6.38. The van der Waals surface area contributed by atoms with Crippen molar-refractivity contribution >= 4 is 11.6 Å².